The third-order valence-corrected chi connectivity index (χ3v) is 4.40. The van der Waals surface area contributed by atoms with Crippen LogP contribution in [0.25, 0.3) is 11.5 Å². The summed E-state index contributed by atoms with van der Waals surface area (Å²) in [4.78, 5) is 6.83. The van der Waals surface area contributed by atoms with Crippen molar-refractivity contribution in [1.29, 1.82) is 0 Å². The molecule has 1 unspecified atom stereocenters. The predicted octanol–water partition coefficient (Wildman–Crippen LogP) is 3.73. The second-order valence-corrected chi connectivity index (χ2v) is 6.87. The van der Waals surface area contributed by atoms with E-state index in [4.69, 9.17) is 16.0 Å². The number of aromatic nitrogens is 1. The van der Waals surface area contributed by atoms with Crippen molar-refractivity contribution in [3.05, 3.63) is 41.2 Å². The molecule has 1 aliphatic heterocycles. The van der Waals surface area contributed by atoms with Crippen LogP contribution in [0, 0.1) is 0 Å². The van der Waals surface area contributed by atoms with E-state index in [-0.39, 0.29) is 6.04 Å². The maximum atomic E-state index is 10.3. The number of hydrogen-bond donors (Lipinski definition) is 1. The average molecular weight is 321 g/mol. The lowest BCUT2D eigenvalue weighted by atomic mass is 9.96. The van der Waals surface area contributed by atoms with Gasteiger partial charge in [0.15, 0.2) is 0 Å². The van der Waals surface area contributed by atoms with Crippen molar-refractivity contribution < 1.29 is 9.52 Å². The lowest BCUT2D eigenvalue weighted by molar-refractivity contribution is -0.00537. The van der Waals surface area contributed by atoms with E-state index in [0.29, 0.717) is 17.5 Å². The monoisotopic (exact) mass is 320 g/mol. The molecule has 2 heterocycles. The number of hydrogen-bond acceptors (Lipinski definition) is 4. The van der Waals surface area contributed by atoms with E-state index in [0.717, 1.165) is 30.6 Å². The van der Waals surface area contributed by atoms with Gasteiger partial charge >= 0.3 is 0 Å². The molecule has 22 heavy (non-hydrogen) atoms. The van der Waals surface area contributed by atoms with Crippen LogP contribution in [0.2, 0.25) is 5.02 Å². The van der Waals surface area contributed by atoms with E-state index < -0.39 is 5.60 Å². The number of aliphatic hydroxyl groups is 1. The first-order valence-corrected chi connectivity index (χ1v) is 7.98. The van der Waals surface area contributed by atoms with Crippen molar-refractivity contribution >= 4 is 11.6 Å². The summed E-state index contributed by atoms with van der Waals surface area (Å²) in [6.45, 7) is 5.42. The third kappa shape index (κ3) is 3.35. The summed E-state index contributed by atoms with van der Waals surface area (Å²) < 4.78 is 5.58. The average Bonchev–Trinajstić information content (AvgIpc) is 3.08. The molecule has 4 nitrogen and oxygen atoms in total. The first-order valence-electron chi connectivity index (χ1n) is 7.60. The number of halogens is 1. The van der Waals surface area contributed by atoms with Crippen molar-refractivity contribution in [2.24, 2.45) is 0 Å². The number of rotatable bonds is 4. The molecule has 1 aromatic heterocycles. The van der Waals surface area contributed by atoms with Crippen LogP contribution in [0.4, 0.5) is 0 Å². The van der Waals surface area contributed by atoms with Crippen molar-refractivity contribution in [1.82, 2.24) is 9.88 Å². The topological polar surface area (TPSA) is 49.5 Å². The van der Waals surface area contributed by atoms with Gasteiger partial charge in [0.2, 0.25) is 5.89 Å². The molecular formula is C17H21ClN2O2. The molecule has 118 valence electrons. The van der Waals surface area contributed by atoms with Crippen LogP contribution in [0.1, 0.15) is 32.4 Å². The molecule has 1 aromatic carbocycles. The van der Waals surface area contributed by atoms with Crippen LogP contribution in [-0.2, 0) is 6.54 Å². The zero-order valence-electron chi connectivity index (χ0n) is 12.9. The van der Waals surface area contributed by atoms with Gasteiger partial charge in [-0.2, -0.15) is 0 Å². The fraction of sp³-hybridized carbons (Fsp3) is 0.471. The largest absolute Gasteiger partial charge is 0.444 e. The minimum absolute atomic E-state index is 0.166. The molecule has 1 saturated heterocycles. The molecule has 0 aliphatic carbocycles. The van der Waals surface area contributed by atoms with Crippen LogP contribution < -0.4 is 0 Å². The van der Waals surface area contributed by atoms with Gasteiger partial charge in [-0.25, -0.2) is 4.98 Å². The quantitative estimate of drug-likeness (QED) is 0.932. The normalized spacial score (nSPS) is 19.7. The lowest BCUT2D eigenvalue weighted by Crippen LogP contribution is -2.45. The van der Waals surface area contributed by atoms with Gasteiger partial charge in [-0.3, -0.25) is 4.90 Å². The molecule has 0 amide bonds. The van der Waals surface area contributed by atoms with Crippen LogP contribution in [0.3, 0.4) is 0 Å². The van der Waals surface area contributed by atoms with Gasteiger partial charge in [0.05, 0.1) is 11.3 Å². The first kappa shape index (κ1) is 15.5. The third-order valence-electron chi connectivity index (χ3n) is 4.17. The Hall–Kier alpha value is -1.36. The van der Waals surface area contributed by atoms with Crippen molar-refractivity contribution in [2.75, 3.05) is 6.54 Å². The molecule has 2 aromatic rings. The van der Waals surface area contributed by atoms with Gasteiger partial charge in [0.1, 0.15) is 6.26 Å². The highest BCUT2D eigenvalue weighted by Crippen LogP contribution is 2.29. The fourth-order valence-corrected chi connectivity index (χ4v) is 3.35. The molecule has 0 spiro atoms. The van der Waals surface area contributed by atoms with Gasteiger partial charge in [-0.05, 0) is 51.4 Å². The molecule has 1 fully saturated rings. The summed E-state index contributed by atoms with van der Waals surface area (Å²) in [5.74, 6) is 0.580. The number of benzene rings is 1. The van der Waals surface area contributed by atoms with E-state index >= 15 is 0 Å². The van der Waals surface area contributed by atoms with Crippen LogP contribution in [0.15, 0.2) is 34.9 Å². The molecule has 5 heteroatoms. The Kier molecular flexibility index (Phi) is 4.26. The fourth-order valence-electron chi connectivity index (χ4n) is 3.16. The maximum absolute atomic E-state index is 10.3. The molecule has 0 radical (unpaired) electrons. The summed E-state index contributed by atoms with van der Waals surface area (Å²) >= 11 is 6.00. The van der Waals surface area contributed by atoms with Crippen molar-refractivity contribution in [2.45, 2.75) is 44.9 Å². The Bertz CT molecular complexity index is 648. The van der Waals surface area contributed by atoms with E-state index in [1.54, 1.807) is 6.26 Å². The highest BCUT2D eigenvalue weighted by molar-refractivity contribution is 6.30. The summed E-state index contributed by atoms with van der Waals surface area (Å²) in [6, 6.07) is 7.64. The summed E-state index contributed by atoms with van der Waals surface area (Å²) in [5.41, 5.74) is 1.06. The minimum Gasteiger partial charge on any atom is -0.444 e. The van der Waals surface area contributed by atoms with Crippen molar-refractivity contribution in [3.63, 3.8) is 0 Å². The van der Waals surface area contributed by atoms with E-state index in [1.165, 1.54) is 0 Å². The SMILES string of the molecule is CC(C)(O)C1CCCN1Cc1coc(-c2cccc(Cl)c2)n1. The predicted molar refractivity (Wildman–Crippen MR) is 86.7 cm³/mol. The summed E-state index contributed by atoms with van der Waals surface area (Å²) in [7, 11) is 0. The maximum Gasteiger partial charge on any atom is 0.226 e. The van der Waals surface area contributed by atoms with Gasteiger partial charge in [0, 0.05) is 23.2 Å². The van der Waals surface area contributed by atoms with Gasteiger partial charge < -0.3 is 9.52 Å². The molecule has 1 aliphatic rings. The second kappa shape index (κ2) is 6.03. The Morgan fingerprint density at radius 2 is 2.27 bits per heavy atom. The molecule has 1 N–H and O–H groups in total. The van der Waals surface area contributed by atoms with E-state index in [9.17, 15) is 5.11 Å². The second-order valence-electron chi connectivity index (χ2n) is 6.44. The number of oxazole rings is 1. The van der Waals surface area contributed by atoms with Gasteiger partial charge in [-0.15, -0.1) is 0 Å². The Labute approximate surface area is 135 Å². The molecular weight excluding hydrogens is 300 g/mol. The first-order chi connectivity index (χ1) is 10.4. The highest BCUT2D eigenvalue weighted by atomic mass is 35.5. The lowest BCUT2D eigenvalue weighted by Gasteiger charge is -2.33. The van der Waals surface area contributed by atoms with E-state index in [1.807, 2.05) is 38.1 Å². The molecule has 3 rings (SSSR count). The van der Waals surface area contributed by atoms with E-state index in [2.05, 4.69) is 9.88 Å². The Morgan fingerprint density at radius 3 is 3.00 bits per heavy atom. The highest BCUT2D eigenvalue weighted by Gasteiger charge is 2.36. The van der Waals surface area contributed by atoms with Crippen LogP contribution in [-0.4, -0.2) is 33.2 Å². The van der Waals surface area contributed by atoms with Crippen LogP contribution >= 0.6 is 11.6 Å². The number of nitrogens with zero attached hydrogens (tertiary/aromatic N) is 2. The standard InChI is InChI=1S/C17H21ClN2O2/c1-17(2,21)15-7-4-8-20(15)10-14-11-22-16(19-14)12-5-3-6-13(18)9-12/h3,5-6,9,11,15,21H,4,7-8,10H2,1-2H3. The van der Waals surface area contributed by atoms with Crippen molar-refractivity contribution in [3.8, 4) is 11.5 Å². The summed E-state index contributed by atoms with van der Waals surface area (Å²) in [5, 5.41) is 10.9. The van der Waals surface area contributed by atoms with Gasteiger partial charge in [-0.1, -0.05) is 17.7 Å². The Morgan fingerprint density at radius 1 is 1.45 bits per heavy atom. The molecule has 0 bridgehead atoms. The smallest absolute Gasteiger partial charge is 0.226 e. The van der Waals surface area contributed by atoms with Gasteiger partial charge in [0.25, 0.3) is 0 Å². The zero-order chi connectivity index (χ0) is 15.7. The zero-order valence-corrected chi connectivity index (χ0v) is 13.7. The van der Waals surface area contributed by atoms with Crippen LogP contribution in [0.5, 0.6) is 0 Å². The Balaban J connectivity index is 1.75. The molecule has 0 saturated carbocycles. The number of likely N-dealkylation sites (tertiary alicyclic amines) is 1. The summed E-state index contributed by atoms with van der Waals surface area (Å²) in [6.07, 6.45) is 3.81. The minimum atomic E-state index is -0.698. The molecule has 1 atom stereocenters.